The van der Waals surface area contributed by atoms with Crippen molar-refractivity contribution in [2.75, 3.05) is 6.61 Å². The number of aromatic nitrogens is 5. The third kappa shape index (κ3) is 5.15. The number of carboxylic acids is 1. The van der Waals surface area contributed by atoms with E-state index >= 15 is 0 Å². The van der Waals surface area contributed by atoms with Gasteiger partial charge in [0, 0.05) is 25.1 Å². The number of nitrogens with zero attached hydrogens (tertiary/aromatic N) is 6. The molecule has 2 unspecified atom stereocenters. The molecule has 2 aromatic carbocycles. The third-order valence-corrected chi connectivity index (χ3v) is 7.85. The molecule has 0 radical (unpaired) electrons. The lowest BCUT2D eigenvalue weighted by atomic mass is 9.90. The maximum atomic E-state index is 12.1. The second-order valence-corrected chi connectivity index (χ2v) is 10.6. The Hall–Kier alpha value is -4.45. The molecule has 2 fully saturated rings. The molecule has 2 atom stereocenters. The summed E-state index contributed by atoms with van der Waals surface area (Å²) in [5, 5.41) is 32.5. The normalized spacial score (nSPS) is 19.0. The molecule has 2 heterocycles. The highest BCUT2D eigenvalue weighted by Crippen LogP contribution is 2.55. The number of aryl methyl sites for hydroxylation is 1. The molecule has 2 saturated carbocycles. The fraction of sp³-hybridized carbons (Fsp3) is 0.367. The Balaban J connectivity index is 1.33. The molecule has 198 valence electrons. The molecule has 0 spiro atoms. The van der Waals surface area contributed by atoms with E-state index in [9.17, 15) is 15.2 Å². The average molecular weight is 523 g/mol. The van der Waals surface area contributed by atoms with Gasteiger partial charge in [0.05, 0.1) is 41.5 Å². The van der Waals surface area contributed by atoms with E-state index in [1.807, 2.05) is 49.6 Å². The summed E-state index contributed by atoms with van der Waals surface area (Å²) in [6.07, 6.45) is 10.3. The second kappa shape index (κ2) is 10.4. The number of benzene rings is 2. The summed E-state index contributed by atoms with van der Waals surface area (Å²) >= 11 is 0. The number of carbonyl (C=O) groups is 1. The van der Waals surface area contributed by atoms with Crippen LogP contribution >= 0.6 is 0 Å². The van der Waals surface area contributed by atoms with Gasteiger partial charge >= 0.3 is 5.97 Å². The molecule has 6 rings (SSSR count). The first-order chi connectivity index (χ1) is 19.0. The highest BCUT2D eigenvalue weighted by Gasteiger charge is 2.46. The lowest BCUT2D eigenvalue weighted by molar-refractivity contribution is 0.0695. The monoisotopic (exact) mass is 522 g/mol. The molecule has 2 aromatic heterocycles. The first kappa shape index (κ1) is 24.9. The van der Waals surface area contributed by atoms with Crippen LogP contribution in [0.25, 0.3) is 16.8 Å². The lowest BCUT2D eigenvalue weighted by Gasteiger charge is -2.21. The third-order valence-electron chi connectivity index (χ3n) is 7.85. The zero-order valence-electron chi connectivity index (χ0n) is 21.8. The summed E-state index contributed by atoms with van der Waals surface area (Å²) in [6.45, 7) is 0.718. The second-order valence-electron chi connectivity index (χ2n) is 10.6. The molecule has 2 aliphatic carbocycles. The number of carboxylic acid groups (broad SMARTS) is 1. The van der Waals surface area contributed by atoms with E-state index in [0.717, 1.165) is 35.6 Å². The predicted octanol–water partition coefficient (Wildman–Crippen LogP) is 5.47. The highest BCUT2D eigenvalue weighted by atomic mass is 16.5. The number of ether oxygens (including phenoxy) is 1. The van der Waals surface area contributed by atoms with Crippen LogP contribution in [-0.4, -0.2) is 42.5 Å². The molecular weight excluding hydrogens is 492 g/mol. The van der Waals surface area contributed by atoms with Crippen LogP contribution in [0.2, 0.25) is 0 Å². The van der Waals surface area contributed by atoms with Gasteiger partial charge in [-0.2, -0.15) is 10.4 Å². The summed E-state index contributed by atoms with van der Waals surface area (Å²) in [4.78, 5) is 12.1. The molecule has 0 aliphatic heterocycles. The smallest absolute Gasteiger partial charge is 0.339 e. The van der Waals surface area contributed by atoms with Gasteiger partial charge in [-0.1, -0.05) is 36.6 Å². The standard InChI is InChI=1S/C30H30N6O3/c1-35-17-28(33-34-35)25-14-26(25)29-27(30(37)38)16-32-36(29)23-11-20(15-31)10-22(12-23)21-8-5-9-24(13-21)39-18-19-6-3-2-4-7-19/h5,8-13,16-17,19,25-26H,2-4,6-7,14,18H2,1H3,(H,37,38). The zero-order valence-corrected chi connectivity index (χ0v) is 21.8. The Labute approximate surface area is 226 Å². The molecule has 0 saturated heterocycles. The quantitative estimate of drug-likeness (QED) is 0.326. The van der Waals surface area contributed by atoms with Crippen molar-refractivity contribution in [2.24, 2.45) is 13.0 Å². The van der Waals surface area contributed by atoms with Gasteiger partial charge in [0.25, 0.3) is 0 Å². The van der Waals surface area contributed by atoms with Crippen LogP contribution in [0.4, 0.5) is 0 Å². The molecule has 2 aliphatic rings. The Morgan fingerprint density at radius 1 is 1.13 bits per heavy atom. The van der Waals surface area contributed by atoms with Crippen molar-refractivity contribution in [1.29, 1.82) is 5.26 Å². The molecular formula is C30H30N6O3. The zero-order chi connectivity index (χ0) is 26.9. The Bertz CT molecular complexity index is 1560. The van der Waals surface area contributed by atoms with Crippen LogP contribution in [0.1, 0.15) is 77.7 Å². The van der Waals surface area contributed by atoms with Crippen molar-refractivity contribution in [3.63, 3.8) is 0 Å². The topological polar surface area (TPSA) is 119 Å². The van der Waals surface area contributed by atoms with Crippen LogP contribution in [0.3, 0.4) is 0 Å². The Morgan fingerprint density at radius 2 is 1.97 bits per heavy atom. The number of hydrogen-bond donors (Lipinski definition) is 1. The minimum absolute atomic E-state index is 0.0546. The number of aromatic carboxylic acids is 1. The SMILES string of the molecule is Cn1cc(C2CC2c2c(C(=O)O)cnn2-c2cc(C#N)cc(-c3cccc(OCC4CCCCC4)c3)c2)nn1. The minimum atomic E-state index is -1.03. The fourth-order valence-electron chi connectivity index (χ4n) is 5.74. The van der Waals surface area contributed by atoms with Crippen molar-refractivity contribution < 1.29 is 14.6 Å². The van der Waals surface area contributed by atoms with E-state index in [1.165, 1.54) is 38.3 Å². The van der Waals surface area contributed by atoms with Gasteiger partial charge in [-0.25, -0.2) is 9.48 Å². The summed E-state index contributed by atoms with van der Waals surface area (Å²) in [6, 6.07) is 15.7. The molecule has 1 N–H and O–H groups in total. The first-order valence-corrected chi connectivity index (χ1v) is 13.5. The molecule has 4 aromatic rings. The summed E-state index contributed by atoms with van der Waals surface area (Å²) in [7, 11) is 1.81. The van der Waals surface area contributed by atoms with Gasteiger partial charge in [0.1, 0.15) is 11.3 Å². The molecule has 9 heteroatoms. The number of rotatable bonds is 8. The maximum absolute atomic E-state index is 12.1. The van der Waals surface area contributed by atoms with E-state index in [-0.39, 0.29) is 17.4 Å². The maximum Gasteiger partial charge on any atom is 0.339 e. The van der Waals surface area contributed by atoms with Crippen molar-refractivity contribution in [2.45, 2.75) is 50.4 Å². The number of nitriles is 1. The van der Waals surface area contributed by atoms with E-state index in [4.69, 9.17) is 4.74 Å². The summed E-state index contributed by atoms with van der Waals surface area (Å²) < 4.78 is 9.48. The summed E-state index contributed by atoms with van der Waals surface area (Å²) in [5.74, 6) is 0.399. The molecule has 9 nitrogen and oxygen atoms in total. The van der Waals surface area contributed by atoms with Crippen molar-refractivity contribution in [3.05, 3.63) is 77.4 Å². The summed E-state index contributed by atoms with van der Waals surface area (Å²) in [5.41, 5.74) is 4.48. The van der Waals surface area contributed by atoms with Gasteiger partial charge in [0.15, 0.2) is 0 Å². The van der Waals surface area contributed by atoms with Crippen LogP contribution in [0, 0.1) is 17.2 Å². The Kier molecular flexibility index (Phi) is 6.61. The van der Waals surface area contributed by atoms with Gasteiger partial charge in [0.2, 0.25) is 0 Å². The van der Waals surface area contributed by atoms with Gasteiger partial charge in [-0.05, 0) is 66.6 Å². The Morgan fingerprint density at radius 3 is 2.72 bits per heavy atom. The highest BCUT2D eigenvalue weighted by molar-refractivity contribution is 5.89. The van der Waals surface area contributed by atoms with E-state index in [2.05, 4.69) is 21.5 Å². The van der Waals surface area contributed by atoms with E-state index in [0.29, 0.717) is 22.9 Å². The first-order valence-electron chi connectivity index (χ1n) is 13.5. The van der Waals surface area contributed by atoms with Crippen LogP contribution in [0.15, 0.2) is 54.9 Å². The predicted molar refractivity (Wildman–Crippen MR) is 144 cm³/mol. The minimum Gasteiger partial charge on any atom is -0.493 e. The average Bonchev–Trinajstić information content (AvgIpc) is 3.40. The molecule has 39 heavy (non-hydrogen) atoms. The molecule has 0 bridgehead atoms. The van der Waals surface area contributed by atoms with Crippen LogP contribution in [0.5, 0.6) is 5.75 Å². The lowest BCUT2D eigenvalue weighted by Crippen LogP contribution is -2.15. The fourth-order valence-corrected chi connectivity index (χ4v) is 5.74. The van der Waals surface area contributed by atoms with E-state index in [1.54, 1.807) is 15.4 Å². The number of hydrogen-bond acceptors (Lipinski definition) is 6. The van der Waals surface area contributed by atoms with Crippen molar-refractivity contribution >= 4 is 5.97 Å². The van der Waals surface area contributed by atoms with Crippen molar-refractivity contribution in [3.8, 4) is 28.6 Å². The van der Waals surface area contributed by atoms with E-state index < -0.39 is 5.97 Å². The van der Waals surface area contributed by atoms with Gasteiger partial charge in [-0.3, -0.25) is 4.68 Å². The van der Waals surface area contributed by atoms with Crippen LogP contribution < -0.4 is 4.74 Å². The van der Waals surface area contributed by atoms with Crippen LogP contribution in [-0.2, 0) is 7.05 Å². The van der Waals surface area contributed by atoms with Gasteiger partial charge < -0.3 is 9.84 Å². The molecule has 0 amide bonds. The largest absolute Gasteiger partial charge is 0.493 e. The van der Waals surface area contributed by atoms with Crippen molar-refractivity contribution in [1.82, 2.24) is 24.8 Å². The van der Waals surface area contributed by atoms with Gasteiger partial charge in [-0.15, -0.1) is 5.10 Å².